The van der Waals surface area contributed by atoms with Crippen LogP contribution in [0.2, 0.25) is 0 Å². The number of amides is 1. The lowest BCUT2D eigenvalue weighted by atomic mass is 10.1. The summed E-state index contributed by atoms with van der Waals surface area (Å²) in [6, 6.07) is 8.53. The average molecular weight is 301 g/mol. The van der Waals surface area contributed by atoms with Gasteiger partial charge >= 0.3 is 5.97 Å². The fourth-order valence-electron chi connectivity index (χ4n) is 2.03. The van der Waals surface area contributed by atoms with Crippen molar-refractivity contribution in [1.29, 1.82) is 0 Å². The molecule has 7 heteroatoms. The van der Waals surface area contributed by atoms with E-state index in [1.807, 2.05) is 0 Å². The third-order valence-electron chi connectivity index (χ3n) is 3.12. The molecule has 0 bridgehead atoms. The minimum absolute atomic E-state index is 0.111. The lowest BCUT2D eigenvalue weighted by molar-refractivity contribution is 0.0693. The lowest BCUT2D eigenvalue weighted by Crippen LogP contribution is -2.12. The van der Waals surface area contributed by atoms with Crippen molar-refractivity contribution >= 4 is 17.6 Å². The molecular weight excluding hydrogens is 290 g/mol. The number of fused-ring (bicyclic) bond motifs is 1. The number of carbonyl (C=O) groups excluding carboxylic acids is 1. The van der Waals surface area contributed by atoms with Gasteiger partial charge in [0.2, 0.25) is 6.79 Å². The first-order valence-electron chi connectivity index (χ1n) is 6.32. The number of aromatic hydroxyl groups is 1. The molecule has 1 heterocycles. The van der Waals surface area contributed by atoms with Gasteiger partial charge in [-0.15, -0.1) is 0 Å². The summed E-state index contributed by atoms with van der Waals surface area (Å²) in [4.78, 5) is 23.1. The third kappa shape index (κ3) is 2.51. The number of carbonyl (C=O) groups is 2. The summed E-state index contributed by atoms with van der Waals surface area (Å²) >= 11 is 0. The monoisotopic (exact) mass is 301 g/mol. The predicted molar refractivity (Wildman–Crippen MR) is 75.6 cm³/mol. The Balaban J connectivity index is 1.82. The van der Waals surface area contributed by atoms with Gasteiger partial charge in [0.1, 0.15) is 11.3 Å². The lowest BCUT2D eigenvalue weighted by Gasteiger charge is -2.08. The Hall–Kier alpha value is -3.22. The molecule has 2 aromatic rings. The van der Waals surface area contributed by atoms with E-state index in [0.717, 1.165) is 0 Å². The van der Waals surface area contributed by atoms with Crippen molar-refractivity contribution in [2.45, 2.75) is 0 Å². The molecule has 0 fully saturated rings. The van der Waals surface area contributed by atoms with Crippen molar-refractivity contribution in [3.63, 3.8) is 0 Å². The molecule has 112 valence electrons. The highest BCUT2D eigenvalue weighted by Crippen LogP contribution is 2.32. The van der Waals surface area contributed by atoms with Gasteiger partial charge in [-0.05, 0) is 36.4 Å². The number of rotatable bonds is 3. The van der Waals surface area contributed by atoms with E-state index in [4.69, 9.17) is 14.6 Å². The standard InChI is InChI=1S/C15H11NO6/c17-11-3-2-9(6-10(11)15(19)20)16-14(18)8-1-4-12-13(5-8)22-7-21-12/h1-6,17H,7H2,(H,16,18)(H,19,20). The number of anilines is 1. The van der Waals surface area contributed by atoms with Crippen LogP contribution >= 0.6 is 0 Å². The molecule has 3 N–H and O–H groups in total. The molecule has 0 radical (unpaired) electrons. The number of hydrogen-bond donors (Lipinski definition) is 3. The Labute approximate surface area is 124 Å². The maximum Gasteiger partial charge on any atom is 0.339 e. The van der Waals surface area contributed by atoms with E-state index in [1.165, 1.54) is 24.3 Å². The second-order valence-electron chi connectivity index (χ2n) is 4.56. The number of benzene rings is 2. The first-order chi connectivity index (χ1) is 10.5. The van der Waals surface area contributed by atoms with Crippen molar-refractivity contribution in [2.75, 3.05) is 12.1 Å². The van der Waals surface area contributed by atoms with Crippen molar-refractivity contribution < 1.29 is 29.3 Å². The van der Waals surface area contributed by atoms with Gasteiger partial charge in [-0.3, -0.25) is 4.79 Å². The molecule has 0 saturated heterocycles. The first kappa shape index (κ1) is 13.7. The van der Waals surface area contributed by atoms with Gasteiger partial charge in [-0.25, -0.2) is 4.79 Å². The third-order valence-corrected chi connectivity index (χ3v) is 3.12. The van der Waals surface area contributed by atoms with Crippen LogP contribution in [0, 0.1) is 0 Å². The van der Waals surface area contributed by atoms with Gasteiger partial charge in [-0.2, -0.15) is 0 Å². The molecule has 0 unspecified atom stereocenters. The molecule has 1 amide bonds. The largest absolute Gasteiger partial charge is 0.507 e. The van der Waals surface area contributed by atoms with E-state index in [1.54, 1.807) is 12.1 Å². The highest BCUT2D eigenvalue weighted by molar-refractivity contribution is 6.05. The van der Waals surface area contributed by atoms with Crippen LogP contribution in [0.25, 0.3) is 0 Å². The second kappa shape index (κ2) is 5.28. The number of ether oxygens (including phenoxy) is 2. The Morgan fingerprint density at radius 1 is 1.05 bits per heavy atom. The number of aromatic carboxylic acids is 1. The Morgan fingerprint density at radius 3 is 2.59 bits per heavy atom. The summed E-state index contributed by atoms with van der Waals surface area (Å²) in [6.07, 6.45) is 0. The van der Waals surface area contributed by atoms with E-state index < -0.39 is 11.9 Å². The fourth-order valence-corrected chi connectivity index (χ4v) is 2.03. The number of carboxylic acids is 1. The van der Waals surface area contributed by atoms with Crippen molar-refractivity contribution in [3.8, 4) is 17.2 Å². The van der Waals surface area contributed by atoms with Crippen LogP contribution in [-0.4, -0.2) is 28.9 Å². The van der Waals surface area contributed by atoms with Crippen molar-refractivity contribution in [3.05, 3.63) is 47.5 Å². The molecule has 0 spiro atoms. The molecule has 0 atom stereocenters. The molecule has 7 nitrogen and oxygen atoms in total. The zero-order valence-electron chi connectivity index (χ0n) is 11.2. The second-order valence-corrected chi connectivity index (χ2v) is 4.56. The van der Waals surface area contributed by atoms with Crippen LogP contribution in [0.1, 0.15) is 20.7 Å². The normalized spacial score (nSPS) is 12.0. The summed E-state index contributed by atoms with van der Waals surface area (Å²) in [7, 11) is 0. The molecule has 0 aliphatic carbocycles. The minimum Gasteiger partial charge on any atom is -0.507 e. The van der Waals surface area contributed by atoms with E-state index in [-0.39, 0.29) is 23.8 Å². The van der Waals surface area contributed by atoms with Gasteiger partial charge in [-0.1, -0.05) is 0 Å². The molecule has 3 rings (SSSR count). The number of carboxylic acid groups (broad SMARTS) is 1. The molecule has 0 saturated carbocycles. The summed E-state index contributed by atoms with van der Waals surface area (Å²) in [5, 5.41) is 20.9. The zero-order valence-corrected chi connectivity index (χ0v) is 11.2. The Bertz CT molecular complexity index is 771. The number of hydrogen-bond acceptors (Lipinski definition) is 5. The quantitative estimate of drug-likeness (QED) is 0.750. The Kier molecular flexibility index (Phi) is 3.30. The van der Waals surface area contributed by atoms with Crippen LogP contribution in [0.5, 0.6) is 17.2 Å². The summed E-state index contributed by atoms with van der Waals surface area (Å²) < 4.78 is 10.4. The molecule has 1 aliphatic heterocycles. The van der Waals surface area contributed by atoms with Crippen LogP contribution in [0.4, 0.5) is 5.69 Å². The molecule has 2 aromatic carbocycles. The first-order valence-corrected chi connectivity index (χ1v) is 6.32. The van der Waals surface area contributed by atoms with Gasteiger partial charge in [0.25, 0.3) is 5.91 Å². The topological polar surface area (TPSA) is 105 Å². The van der Waals surface area contributed by atoms with Crippen LogP contribution in [-0.2, 0) is 0 Å². The minimum atomic E-state index is -1.28. The highest BCUT2D eigenvalue weighted by atomic mass is 16.7. The van der Waals surface area contributed by atoms with Crippen LogP contribution < -0.4 is 14.8 Å². The molecule has 1 aliphatic rings. The number of nitrogens with one attached hydrogen (secondary N) is 1. The van der Waals surface area contributed by atoms with E-state index in [2.05, 4.69) is 5.32 Å². The summed E-state index contributed by atoms with van der Waals surface area (Å²) in [6.45, 7) is 0.111. The maximum atomic E-state index is 12.2. The Morgan fingerprint density at radius 2 is 1.82 bits per heavy atom. The SMILES string of the molecule is O=C(Nc1ccc(O)c(C(=O)O)c1)c1ccc2c(c1)OCO2. The van der Waals surface area contributed by atoms with E-state index >= 15 is 0 Å². The van der Waals surface area contributed by atoms with Gasteiger partial charge in [0.15, 0.2) is 11.5 Å². The van der Waals surface area contributed by atoms with Gasteiger partial charge in [0, 0.05) is 11.3 Å². The predicted octanol–water partition coefficient (Wildman–Crippen LogP) is 2.07. The van der Waals surface area contributed by atoms with E-state index in [0.29, 0.717) is 17.1 Å². The smallest absolute Gasteiger partial charge is 0.339 e. The number of phenols is 1. The molecule has 0 aromatic heterocycles. The van der Waals surface area contributed by atoms with Crippen molar-refractivity contribution in [1.82, 2.24) is 0 Å². The molecular formula is C15H11NO6. The van der Waals surface area contributed by atoms with Crippen molar-refractivity contribution in [2.24, 2.45) is 0 Å². The summed E-state index contributed by atoms with van der Waals surface area (Å²) in [5.41, 5.74) is 0.315. The van der Waals surface area contributed by atoms with Gasteiger partial charge in [0.05, 0.1) is 0 Å². The zero-order chi connectivity index (χ0) is 15.7. The maximum absolute atomic E-state index is 12.2. The molecule has 22 heavy (non-hydrogen) atoms. The highest BCUT2D eigenvalue weighted by Gasteiger charge is 2.17. The van der Waals surface area contributed by atoms with Crippen LogP contribution in [0.3, 0.4) is 0 Å². The van der Waals surface area contributed by atoms with Gasteiger partial charge < -0.3 is 25.0 Å². The summed E-state index contributed by atoms with van der Waals surface area (Å²) in [5.74, 6) is -1.04. The average Bonchev–Trinajstić information content (AvgIpc) is 2.96. The fraction of sp³-hybridized carbons (Fsp3) is 0.0667. The van der Waals surface area contributed by atoms with E-state index in [9.17, 15) is 14.7 Å². The van der Waals surface area contributed by atoms with Crippen LogP contribution in [0.15, 0.2) is 36.4 Å².